The van der Waals surface area contributed by atoms with Gasteiger partial charge >= 0.3 is 29.6 Å². The minimum absolute atomic E-state index is 0. The van der Waals surface area contributed by atoms with Crippen molar-refractivity contribution in [3.63, 3.8) is 0 Å². The molecular weight excluding hydrogens is 549 g/mol. The Morgan fingerprint density at radius 1 is 1.09 bits per heavy atom. The summed E-state index contributed by atoms with van der Waals surface area (Å²) in [5, 5.41) is 0. The molecule has 0 aromatic heterocycles. The van der Waals surface area contributed by atoms with Crippen molar-refractivity contribution in [2.24, 2.45) is 11.5 Å². The first-order valence-electron chi connectivity index (χ1n) is 1.85. The van der Waals surface area contributed by atoms with E-state index in [0.717, 1.165) is 0 Å². The molecule has 0 fully saturated rings. The quantitative estimate of drug-likeness (QED) is 0.218. The van der Waals surface area contributed by atoms with Gasteiger partial charge in [-0.2, -0.15) is 4.21 Å². The zero-order chi connectivity index (χ0) is 6.99. The molecule has 0 rings (SSSR count). The molecule has 0 aromatic carbocycles. The molecule has 0 saturated carbocycles. The molecule has 2 radical (unpaired) electrons. The Morgan fingerprint density at radius 2 is 1.18 bits per heavy atom. The summed E-state index contributed by atoms with van der Waals surface area (Å²) in [7, 11) is 0. The average molecular weight is 560 g/mol. The molecule has 0 atom stereocenters. The van der Waals surface area contributed by atoms with Gasteiger partial charge < -0.3 is 11.5 Å². The third-order valence-electron chi connectivity index (χ3n) is 0.167. The Labute approximate surface area is 122 Å². The summed E-state index contributed by atoms with van der Waals surface area (Å²) in [5.74, 6) is 0. The first-order chi connectivity index (χ1) is 3.65. The van der Waals surface area contributed by atoms with Crippen molar-refractivity contribution in [1.82, 2.24) is 0 Å². The van der Waals surface area contributed by atoms with Gasteiger partial charge in [-0.25, -0.2) is 0 Å². The molecule has 11 heavy (non-hydrogen) atoms. The van der Waals surface area contributed by atoms with Crippen molar-refractivity contribution in [1.29, 1.82) is 0 Å². The van der Waals surface area contributed by atoms with E-state index in [2.05, 4.69) is 0 Å². The fourth-order valence-electron chi connectivity index (χ4n) is 0. The molecule has 76 valence electrons. The number of hydrogen-bond donors (Lipinski definition) is 4. The first-order valence-corrected chi connectivity index (χ1v) is 2.91. The van der Waals surface area contributed by atoms with Crippen molar-refractivity contribution in [2.75, 3.05) is 13.1 Å². The predicted molar refractivity (Wildman–Crippen MR) is 38.7 cm³/mol. The SMILES string of the molecule is NCCN.O=S(O)O.[Au].[Au].[NaH]. The van der Waals surface area contributed by atoms with Crippen LogP contribution in [0.1, 0.15) is 0 Å². The molecule has 0 aliphatic heterocycles. The third kappa shape index (κ3) is 114. The molecule has 0 aliphatic carbocycles. The molecule has 0 saturated heterocycles. The summed E-state index contributed by atoms with van der Waals surface area (Å²) in [4.78, 5) is 0. The molecule has 0 heterocycles. The summed E-state index contributed by atoms with van der Waals surface area (Å²) in [5.41, 5.74) is 9.81. The van der Waals surface area contributed by atoms with Gasteiger partial charge in [0.15, 0.2) is 0 Å². The van der Waals surface area contributed by atoms with E-state index in [0.29, 0.717) is 13.1 Å². The molecule has 0 amide bonds. The molecule has 5 nitrogen and oxygen atoms in total. The fourth-order valence-corrected chi connectivity index (χ4v) is 0. The Morgan fingerprint density at radius 3 is 1.18 bits per heavy atom. The van der Waals surface area contributed by atoms with E-state index in [-0.39, 0.29) is 74.3 Å². The minimum atomic E-state index is -2.61. The first kappa shape index (κ1) is 29.2. The normalized spacial score (nSPS) is 5.91. The molecule has 0 aromatic rings. The van der Waals surface area contributed by atoms with E-state index in [9.17, 15) is 0 Å². The standard InChI is InChI=1S/C2H8N2.2Au.Na.H2O3S.H/c3-1-2-4;;;;1-4(2)3;/h1-4H2;;;;(H2,1,2,3);. The van der Waals surface area contributed by atoms with Crippen LogP contribution >= 0.6 is 0 Å². The van der Waals surface area contributed by atoms with Crippen LogP contribution in [0.2, 0.25) is 0 Å². The molecule has 0 bridgehead atoms. The molecule has 6 N–H and O–H groups in total. The molecule has 9 heteroatoms. The second-order valence-corrected chi connectivity index (χ2v) is 1.27. The van der Waals surface area contributed by atoms with Crippen molar-refractivity contribution in [3.8, 4) is 0 Å². The van der Waals surface area contributed by atoms with Crippen molar-refractivity contribution >= 4 is 40.9 Å². The van der Waals surface area contributed by atoms with E-state index in [1.165, 1.54) is 0 Å². The summed E-state index contributed by atoms with van der Waals surface area (Å²) in [6.07, 6.45) is 0. The number of nitrogens with two attached hydrogens (primary N) is 2. The zero-order valence-electron chi connectivity index (χ0n) is 4.88. The maximum absolute atomic E-state index is 8.67. The van der Waals surface area contributed by atoms with Gasteiger partial charge in [-0.1, -0.05) is 0 Å². The summed E-state index contributed by atoms with van der Waals surface area (Å²) < 4.78 is 22.8. The predicted octanol–water partition coefficient (Wildman–Crippen LogP) is -2.07. The van der Waals surface area contributed by atoms with Crippen molar-refractivity contribution in [2.45, 2.75) is 0 Å². The Hall–Kier alpha value is 2.47. The zero-order valence-corrected chi connectivity index (χ0v) is 10.0. The van der Waals surface area contributed by atoms with E-state index in [1.807, 2.05) is 0 Å². The van der Waals surface area contributed by atoms with Crippen LogP contribution in [0.3, 0.4) is 0 Å². The summed E-state index contributed by atoms with van der Waals surface area (Å²) >= 11 is -2.61. The van der Waals surface area contributed by atoms with Crippen LogP contribution in [0.25, 0.3) is 0 Å². The van der Waals surface area contributed by atoms with Gasteiger partial charge in [0.1, 0.15) is 0 Å². The van der Waals surface area contributed by atoms with Crippen LogP contribution in [0.4, 0.5) is 0 Å². The fraction of sp³-hybridized carbons (Fsp3) is 1.00. The second-order valence-electron chi connectivity index (χ2n) is 0.808. The van der Waals surface area contributed by atoms with Gasteiger partial charge in [-0.15, -0.1) is 0 Å². The topological polar surface area (TPSA) is 110 Å². The van der Waals surface area contributed by atoms with Crippen LogP contribution < -0.4 is 11.5 Å². The van der Waals surface area contributed by atoms with Gasteiger partial charge in [0.05, 0.1) is 0 Å². The van der Waals surface area contributed by atoms with Crippen LogP contribution in [0.15, 0.2) is 0 Å². The van der Waals surface area contributed by atoms with Crippen LogP contribution in [0, 0.1) is 0 Å². The molecule has 0 spiro atoms. The summed E-state index contributed by atoms with van der Waals surface area (Å²) in [6, 6.07) is 0. The molecule has 0 aliphatic rings. The third-order valence-corrected chi connectivity index (χ3v) is 0.167. The van der Waals surface area contributed by atoms with Crippen LogP contribution in [-0.4, -0.2) is 56.0 Å². The summed E-state index contributed by atoms with van der Waals surface area (Å²) in [6.45, 7) is 1.19. The van der Waals surface area contributed by atoms with Crippen LogP contribution in [-0.2, 0) is 56.1 Å². The van der Waals surface area contributed by atoms with E-state index in [4.69, 9.17) is 24.8 Å². The number of rotatable bonds is 1. The molecular formula is C2H11Au2N2NaO3S. The van der Waals surface area contributed by atoms with Gasteiger partial charge in [-0.3, -0.25) is 9.11 Å². The average Bonchev–Trinajstić information content (AvgIpc) is 1.65. The molecule has 0 unspecified atom stereocenters. The van der Waals surface area contributed by atoms with Gasteiger partial charge in [0.25, 0.3) is 11.4 Å². The maximum atomic E-state index is 8.67. The van der Waals surface area contributed by atoms with Crippen LogP contribution in [0.5, 0.6) is 0 Å². The van der Waals surface area contributed by atoms with Crippen molar-refractivity contribution < 1.29 is 58.1 Å². The monoisotopic (exact) mass is 560 g/mol. The van der Waals surface area contributed by atoms with E-state index >= 15 is 0 Å². The Bertz CT molecular complexity index is 65.3. The van der Waals surface area contributed by atoms with Gasteiger partial charge in [0, 0.05) is 57.9 Å². The van der Waals surface area contributed by atoms with Crippen molar-refractivity contribution in [3.05, 3.63) is 0 Å². The van der Waals surface area contributed by atoms with E-state index < -0.39 is 11.4 Å². The van der Waals surface area contributed by atoms with E-state index in [1.54, 1.807) is 0 Å². The van der Waals surface area contributed by atoms with Gasteiger partial charge in [-0.05, 0) is 0 Å². The van der Waals surface area contributed by atoms with Gasteiger partial charge in [0.2, 0.25) is 0 Å². The Balaban J connectivity index is -0.0000000171. The number of hydrogen-bond acceptors (Lipinski definition) is 3. The second kappa shape index (κ2) is 29.4. The Kier molecular flexibility index (Phi) is 78.0.